The van der Waals surface area contributed by atoms with Gasteiger partial charge in [0.1, 0.15) is 0 Å². The van der Waals surface area contributed by atoms with E-state index in [4.69, 9.17) is 4.74 Å². The molecule has 0 radical (unpaired) electrons. The van der Waals surface area contributed by atoms with Crippen molar-refractivity contribution in [3.05, 3.63) is 0 Å². The number of hydrogen-bond donors (Lipinski definition) is 2. The van der Waals surface area contributed by atoms with Crippen LogP contribution in [-0.2, 0) is 9.53 Å². The van der Waals surface area contributed by atoms with Gasteiger partial charge in [-0.2, -0.15) is 0 Å². The summed E-state index contributed by atoms with van der Waals surface area (Å²) in [6.07, 6.45) is 4.10. The second-order valence-corrected chi connectivity index (χ2v) is 5.80. The highest BCUT2D eigenvalue weighted by molar-refractivity contribution is 5.84. The van der Waals surface area contributed by atoms with E-state index in [-0.39, 0.29) is 11.3 Å². The molecule has 1 fully saturated rings. The minimum absolute atomic E-state index is 0.205. The minimum Gasteiger partial charge on any atom is -0.383 e. The largest absolute Gasteiger partial charge is 0.383 e. The van der Waals surface area contributed by atoms with E-state index >= 15 is 0 Å². The standard InChI is InChI=1S/C15H30N4O2/c1-5-16-14(17-10-11-21-4)18-12-15(8-6-7-9-15)13(20)19(2)3/h5-12H2,1-4H3,(H2,16,17,18). The fourth-order valence-electron chi connectivity index (χ4n) is 2.81. The summed E-state index contributed by atoms with van der Waals surface area (Å²) in [4.78, 5) is 18.8. The Balaban J connectivity index is 2.71. The van der Waals surface area contributed by atoms with E-state index < -0.39 is 0 Å². The molecule has 1 aliphatic carbocycles. The third kappa shape index (κ3) is 5.19. The lowest BCUT2D eigenvalue weighted by molar-refractivity contribution is -0.138. The molecule has 1 amide bonds. The zero-order chi connectivity index (χ0) is 15.7. The average Bonchev–Trinajstić information content (AvgIpc) is 2.94. The number of ether oxygens (including phenoxy) is 1. The lowest BCUT2D eigenvalue weighted by Crippen LogP contribution is -2.43. The number of nitrogens with one attached hydrogen (secondary N) is 2. The number of carbonyl (C=O) groups excluding carboxylic acids is 1. The van der Waals surface area contributed by atoms with Crippen LogP contribution in [0.25, 0.3) is 0 Å². The van der Waals surface area contributed by atoms with Crippen molar-refractivity contribution >= 4 is 11.9 Å². The molecule has 1 aliphatic rings. The highest BCUT2D eigenvalue weighted by Crippen LogP contribution is 2.39. The normalized spacial score (nSPS) is 17.6. The van der Waals surface area contributed by atoms with E-state index in [9.17, 15) is 4.79 Å². The minimum atomic E-state index is -0.312. The Morgan fingerprint density at radius 3 is 2.48 bits per heavy atom. The molecule has 0 aromatic rings. The Bertz CT molecular complexity index is 350. The molecule has 0 atom stereocenters. The van der Waals surface area contributed by atoms with Gasteiger partial charge in [-0.3, -0.25) is 9.79 Å². The lowest BCUT2D eigenvalue weighted by atomic mass is 9.85. The van der Waals surface area contributed by atoms with Crippen molar-refractivity contribution in [1.29, 1.82) is 0 Å². The number of nitrogens with zero attached hydrogens (tertiary/aromatic N) is 2. The Hall–Kier alpha value is -1.30. The van der Waals surface area contributed by atoms with Crippen LogP contribution >= 0.6 is 0 Å². The summed E-state index contributed by atoms with van der Waals surface area (Å²) >= 11 is 0. The molecule has 0 aromatic carbocycles. The maximum atomic E-state index is 12.5. The van der Waals surface area contributed by atoms with Crippen LogP contribution in [0.1, 0.15) is 32.6 Å². The van der Waals surface area contributed by atoms with Gasteiger partial charge in [0.2, 0.25) is 5.91 Å². The molecular weight excluding hydrogens is 268 g/mol. The SMILES string of the molecule is CCNC(=NCC1(C(=O)N(C)C)CCCC1)NCCOC. The van der Waals surface area contributed by atoms with Crippen molar-refractivity contribution in [1.82, 2.24) is 15.5 Å². The molecule has 0 saturated heterocycles. The summed E-state index contributed by atoms with van der Waals surface area (Å²) in [5.74, 6) is 0.962. The van der Waals surface area contributed by atoms with Crippen molar-refractivity contribution < 1.29 is 9.53 Å². The van der Waals surface area contributed by atoms with Crippen molar-refractivity contribution in [3.8, 4) is 0 Å². The molecule has 0 spiro atoms. The van der Waals surface area contributed by atoms with Gasteiger partial charge in [-0.25, -0.2) is 0 Å². The highest BCUT2D eigenvalue weighted by Gasteiger charge is 2.41. The molecule has 0 aliphatic heterocycles. The van der Waals surface area contributed by atoms with Gasteiger partial charge >= 0.3 is 0 Å². The molecule has 2 N–H and O–H groups in total. The van der Waals surface area contributed by atoms with E-state index in [1.807, 2.05) is 21.0 Å². The smallest absolute Gasteiger partial charge is 0.230 e. The molecule has 1 saturated carbocycles. The first-order valence-corrected chi connectivity index (χ1v) is 7.78. The third-order valence-corrected chi connectivity index (χ3v) is 3.90. The van der Waals surface area contributed by atoms with Crippen molar-refractivity contribution in [2.75, 3.05) is 47.4 Å². The molecular formula is C15H30N4O2. The fourth-order valence-corrected chi connectivity index (χ4v) is 2.81. The maximum absolute atomic E-state index is 12.5. The number of aliphatic imine (C=N–C) groups is 1. The van der Waals surface area contributed by atoms with Crippen LogP contribution in [0.3, 0.4) is 0 Å². The molecule has 0 unspecified atom stereocenters. The number of rotatable bonds is 7. The fraction of sp³-hybridized carbons (Fsp3) is 0.867. The first kappa shape index (κ1) is 17.8. The van der Waals surface area contributed by atoms with E-state index in [1.54, 1.807) is 12.0 Å². The number of amides is 1. The molecule has 0 heterocycles. The van der Waals surface area contributed by atoms with Crippen LogP contribution in [0, 0.1) is 5.41 Å². The third-order valence-electron chi connectivity index (χ3n) is 3.90. The van der Waals surface area contributed by atoms with Crippen LogP contribution in [0.5, 0.6) is 0 Å². The predicted molar refractivity (Wildman–Crippen MR) is 85.5 cm³/mol. The summed E-state index contributed by atoms with van der Waals surface area (Å²) in [7, 11) is 5.33. The second kappa shape index (κ2) is 8.87. The van der Waals surface area contributed by atoms with Gasteiger partial charge in [0.25, 0.3) is 0 Å². The Morgan fingerprint density at radius 2 is 1.95 bits per heavy atom. The zero-order valence-corrected chi connectivity index (χ0v) is 13.9. The van der Waals surface area contributed by atoms with E-state index in [1.165, 1.54) is 0 Å². The predicted octanol–water partition coefficient (Wildman–Crippen LogP) is 0.837. The summed E-state index contributed by atoms with van der Waals surface area (Å²) in [6, 6.07) is 0. The second-order valence-electron chi connectivity index (χ2n) is 5.80. The Morgan fingerprint density at radius 1 is 1.29 bits per heavy atom. The zero-order valence-electron chi connectivity index (χ0n) is 13.9. The van der Waals surface area contributed by atoms with Gasteiger partial charge in [0.15, 0.2) is 5.96 Å². The summed E-state index contributed by atoms with van der Waals surface area (Å²) in [6.45, 7) is 4.72. The molecule has 122 valence electrons. The molecule has 1 rings (SSSR count). The molecule has 21 heavy (non-hydrogen) atoms. The summed E-state index contributed by atoms with van der Waals surface area (Å²) < 4.78 is 5.03. The average molecular weight is 298 g/mol. The highest BCUT2D eigenvalue weighted by atomic mass is 16.5. The van der Waals surface area contributed by atoms with Gasteiger partial charge in [0.05, 0.1) is 18.6 Å². The number of methoxy groups -OCH3 is 1. The molecule has 0 aromatic heterocycles. The van der Waals surface area contributed by atoms with Crippen LogP contribution in [0.2, 0.25) is 0 Å². The Labute approximate surface area is 128 Å². The first-order chi connectivity index (χ1) is 10.1. The summed E-state index contributed by atoms with van der Waals surface area (Å²) in [5.41, 5.74) is -0.312. The van der Waals surface area contributed by atoms with Crippen LogP contribution in [-0.4, -0.2) is 64.2 Å². The van der Waals surface area contributed by atoms with Gasteiger partial charge in [-0.1, -0.05) is 12.8 Å². The topological polar surface area (TPSA) is 66.0 Å². The summed E-state index contributed by atoms with van der Waals surface area (Å²) in [5, 5.41) is 6.43. The lowest BCUT2D eigenvalue weighted by Gasteiger charge is -2.29. The van der Waals surface area contributed by atoms with Crippen LogP contribution in [0.4, 0.5) is 0 Å². The van der Waals surface area contributed by atoms with Crippen molar-refractivity contribution in [2.24, 2.45) is 10.4 Å². The van der Waals surface area contributed by atoms with Crippen LogP contribution < -0.4 is 10.6 Å². The van der Waals surface area contributed by atoms with Crippen LogP contribution in [0.15, 0.2) is 4.99 Å². The van der Waals surface area contributed by atoms with E-state index in [0.717, 1.165) is 38.2 Å². The van der Waals surface area contributed by atoms with E-state index in [0.29, 0.717) is 19.7 Å². The van der Waals surface area contributed by atoms with Crippen molar-refractivity contribution in [3.63, 3.8) is 0 Å². The number of guanidine groups is 1. The van der Waals surface area contributed by atoms with E-state index in [2.05, 4.69) is 15.6 Å². The Kier molecular flexibility index (Phi) is 7.50. The van der Waals surface area contributed by atoms with Gasteiger partial charge < -0.3 is 20.3 Å². The van der Waals surface area contributed by atoms with Gasteiger partial charge in [-0.05, 0) is 19.8 Å². The monoisotopic (exact) mass is 298 g/mol. The first-order valence-electron chi connectivity index (χ1n) is 7.78. The molecule has 6 heteroatoms. The molecule has 0 bridgehead atoms. The number of hydrogen-bond acceptors (Lipinski definition) is 3. The van der Waals surface area contributed by atoms with Gasteiger partial charge in [-0.15, -0.1) is 0 Å². The number of carbonyl (C=O) groups is 1. The quantitative estimate of drug-likeness (QED) is 0.415. The molecule has 6 nitrogen and oxygen atoms in total. The maximum Gasteiger partial charge on any atom is 0.230 e. The van der Waals surface area contributed by atoms with Gasteiger partial charge in [0, 0.05) is 34.3 Å². The van der Waals surface area contributed by atoms with Crippen molar-refractivity contribution in [2.45, 2.75) is 32.6 Å².